The predicted molar refractivity (Wildman–Crippen MR) is 82.0 cm³/mol. The van der Waals surface area contributed by atoms with Gasteiger partial charge in [0.2, 0.25) is 0 Å². The molecule has 0 spiro atoms. The summed E-state index contributed by atoms with van der Waals surface area (Å²) in [6.45, 7) is 6.66. The highest BCUT2D eigenvalue weighted by Crippen LogP contribution is 2.50. The zero-order valence-corrected chi connectivity index (χ0v) is 13.1. The van der Waals surface area contributed by atoms with E-state index in [1.54, 1.807) is 0 Å². The van der Waals surface area contributed by atoms with Crippen molar-refractivity contribution in [2.75, 3.05) is 13.1 Å². The minimum absolute atomic E-state index is 0.371. The highest BCUT2D eigenvalue weighted by Gasteiger charge is 2.45. The molecular weight excluding hydrogens is 286 g/mol. The summed E-state index contributed by atoms with van der Waals surface area (Å²) in [5.41, 5.74) is 1.87. The molecule has 1 aliphatic rings. The molecule has 0 unspecified atom stereocenters. The molecule has 0 aromatic heterocycles. The molecule has 0 bridgehead atoms. The fourth-order valence-electron chi connectivity index (χ4n) is 3.37. The summed E-state index contributed by atoms with van der Waals surface area (Å²) in [5, 5.41) is 3.56. The van der Waals surface area contributed by atoms with Crippen molar-refractivity contribution >= 4 is 15.9 Å². The molecule has 1 saturated carbocycles. The van der Waals surface area contributed by atoms with Gasteiger partial charge in [-0.15, -0.1) is 0 Å². The van der Waals surface area contributed by atoms with Crippen LogP contribution in [0.4, 0.5) is 0 Å². The van der Waals surface area contributed by atoms with Gasteiger partial charge in [0.1, 0.15) is 0 Å². The van der Waals surface area contributed by atoms with Crippen LogP contribution in [0, 0.1) is 5.92 Å². The first kappa shape index (κ1) is 14.1. The SMILES string of the molecule is CCCC1CC(CNCC)(c2ccccc2Br)C1. The second-order valence-corrected chi connectivity index (χ2v) is 6.46. The van der Waals surface area contributed by atoms with Gasteiger partial charge in [-0.2, -0.15) is 0 Å². The Morgan fingerprint density at radius 3 is 2.61 bits per heavy atom. The van der Waals surface area contributed by atoms with E-state index in [9.17, 15) is 0 Å². The molecule has 2 rings (SSSR count). The van der Waals surface area contributed by atoms with Crippen molar-refractivity contribution in [3.05, 3.63) is 34.3 Å². The third kappa shape index (κ3) is 2.80. The van der Waals surface area contributed by atoms with Crippen LogP contribution in [0.5, 0.6) is 0 Å². The number of halogens is 1. The van der Waals surface area contributed by atoms with Gasteiger partial charge in [0.25, 0.3) is 0 Å². The Bertz CT molecular complexity index is 382. The van der Waals surface area contributed by atoms with E-state index in [1.165, 1.54) is 35.7 Å². The molecule has 0 atom stereocenters. The second kappa shape index (κ2) is 6.21. The number of likely N-dealkylation sites (N-methyl/N-ethyl adjacent to an activating group) is 1. The topological polar surface area (TPSA) is 12.0 Å². The Morgan fingerprint density at radius 2 is 2.00 bits per heavy atom. The van der Waals surface area contributed by atoms with Crippen LogP contribution in [0.15, 0.2) is 28.7 Å². The molecule has 1 aliphatic carbocycles. The van der Waals surface area contributed by atoms with Crippen molar-refractivity contribution in [2.45, 2.75) is 44.9 Å². The summed E-state index contributed by atoms with van der Waals surface area (Å²) in [7, 11) is 0. The maximum Gasteiger partial charge on any atom is 0.0213 e. The van der Waals surface area contributed by atoms with Gasteiger partial charge < -0.3 is 5.32 Å². The molecule has 2 heteroatoms. The van der Waals surface area contributed by atoms with E-state index in [4.69, 9.17) is 0 Å². The van der Waals surface area contributed by atoms with Gasteiger partial charge in [0, 0.05) is 16.4 Å². The average molecular weight is 310 g/mol. The van der Waals surface area contributed by atoms with Crippen LogP contribution in [0.1, 0.15) is 45.1 Å². The summed E-state index contributed by atoms with van der Waals surface area (Å²) in [5.74, 6) is 0.931. The van der Waals surface area contributed by atoms with E-state index in [0.29, 0.717) is 5.41 Å². The normalized spacial score (nSPS) is 26.9. The Kier molecular flexibility index (Phi) is 4.85. The van der Waals surface area contributed by atoms with Crippen LogP contribution >= 0.6 is 15.9 Å². The molecule has 0 radical (unpaired) electrons. The minimum atomic E-state index is 0.371. The second-order valence-electron chi connectivity index (χ2n) is 5.60. The summed E-state index contributed by atoms with van der Waals surface area (Å²) < 4.78 is 1.28. The van der Waals surface area contributed by atoms with Gasteiger partial charge in [0.05, 0.1) is 0 Å². The summed E-state index contributed by atoms with van der Waals surface area (Å²) in [6, 6.07) is 8.75. The van der Waals surface area contributed by atoms with E-state index >= 15 is 0 Å². The number of hydrogen-bond donors (Lipinski definition) is 1. The number of rotatable bonds is 6. The predicted octanol–water partition coefficient (Wildman–Crippen LogP) is 4.51. The van der Waals surface area contributed by atoms with E-state index < -0.39 is 0 Å². The lowest BCUT2D eigenvalue weighted by Crippen LogP contribution is -2.48. The molecule has 0 aliphatic heterocycles. The average Bonchev–Trinajstić information content (AvgIpc) is 2.33. The molecule has 1 nitrogen and oxygen atoms in total. The molecule has 1 N–H and O–H groups in total. The van der Waals surface area contributed by atoms with Gasteiger partial charge >= 0.3 is 0 Å². The standard InChI is InChI=1S/C16H24BrN/c1-3-7-13-10-16(11-13,12-18-4-2)14-8-5-6-9-15(14)17/h5-6,8-9,13,18H,3-4,7,10-12H2,1-2H3. The quantitative estimate of drug-likeness (QED) is 0.815. The maximum atomic E-state index is 3.73. The van der Waals surface area contributed by atoms with Crippen LogP contribution in [-0.2, 0) is 5.41 Å². The molecule has 1 aromatic rings. The van der Waals surface area contributed by atoms with Crippen molar-refractivity contribution in [3.63, 3.8) is 0 Å². The van der Waals surface area contributed by atoms with Crippen molar-refractivity contribution in [1.29, 1.82) is 0 Å². The van der Waals surface area contributed by atoms with Crippen molar-refractivity contribution < 1.29 is 0 Å². The maximum absolute atomic E-state index is 3.73. The first-order valence-corrected chi connectivity index (χ1v) is 7.97. The monoisotopic (exact) mass is 309 g/mol. The minimum Gasteiger partial charge on any atom is -0.316 e. The van der Waals surface area contributed by atoms with Crippen LogP contribution in [-0.4, -0.2) is 13.1 Å². The highest BCUT2D eigenvalue weighted by molar-refractivity contribution is 9.10. The van der Waals surface area contributed by atoms with Crippen molar-refractivity contribution in [3.8, 4) is 0 Å². The smallest absolute Gasteiger partial charge is 0.0213 e. The lowest BCUT2D eigenvalue weighted by atomic mass is 9.57. The van der Waals surface area contributed by atoms with Crippen LogP contribution in [0.3, 0.4) is 0 Å². The van der Waals surface area contributed by atoms with E-state index in [2.05, 4.69) is 59.4 Å². The van der Waals surface area contributed by atoms with Gasteiger partial charge in [0.15, 0.2) is 0 Å². The summed E-state index contributed by atoms with van der Waals surface area (Å²) in [6.07, 6.45) is 5.39. The third-order valence-electron chi connectivity index (χ3n) is 4.21. The lowest BCUT2D eigenvalue weighted by Gasteiger charge is -2.49. The zero-order chi connectivity index (χ0) is 13.0. The molecule has 1 aromatic carbocycles. The molecular formula is C16H24BrN. The lowest BCUT2D eigenvalue weighted by molar-refractivity contribution is 0.128. The fraction of sp³-hybridized carbons (Fsp3) is 0.625. The molecule has 0 heterocycles. The van der Waals surface area contributed by atoms with Gasteiger partial charge in [-0.25, -0.2) is 0 Å². The largest absolute Gasteiger partial charge is 0.316 e. The van der Waals surface area contributed by atoms with Crippen molar-refractivity contribution in [1.82, 2.24) is 5.32 Å². The molecule has 1 fully saturated rings. The zero-order valence-electron chi connectivity index (χ0n) is 11.5. The van der Waals surface area contributed by atoms with Gasteiger partial charge in [-0.1, -0.05) is 60.8 Å². The van der Waals surface area contributed by atoms with Crippen LogP contribution in [0.2, 0.25) is 0 Å². The first-order chi connectivity index (χ1) is 8.72. The molecule has 18 heavy (non-hydrogen) atoms. The summed E-state index contributed by atoms with van der Waals surface area (Å²) in [4.78, 5) is 0. The first-order valence-electron chi connectivity index (χ1n) is 7.17. The molecule has 0 saturated heterocycles. The number of benzene rings is 1. The molecule has 0 amide bonds. The third-order valence-corrected chi connectivity index (χ3v) is 4.91. The van der Waals surface area contributed by atoms with E-state index in [1.807, 2.05) is 0 Å². The summed E-state index contributed by atoms with van der Waals surface area (Å²) >= 11 is 3.73. The Hall–Kier alpha value is -0.340. The number of hydrogen-bond acceptors (Lipinski definition) is 1. The Labute approximate surface area is 119 Å². The Morgan fingerprint density at radius 1 is 1.28 bits per heavy atom. The van der Waals surface area contributed by atoms with Crippen LogP contribution in [0.25, 0.3) is 0 Å². The highest BCUT2D eigenvalue weighted by atomic mass is 79.9. The van der Waals surface area contributed by atoms with Crippen molar-refractivity contribution in [2.24, 2.45) is 5.92 Å². The van der Waals surface area contributed by atoms with E-state index in [0.717, 1.165) is 19.0 Å². The Balaban J connectivity index is 2.15. The fourth-order valence-corrected chi connectivity index (χ4v) is 4.08. The van der Waals surface area contributed by atoms with E-state index in [-0.39, 0.29) is 0 Å². The number of nitrogens with one attached hydrogen (secondary N) is 1. The van der Waals surface area contributed by atoms with Gasteiger partial charge in [-0.05, 0) is 36.9 Å². The molecule has 100 valence electrons. The van der Waals surface area contributed by atoms with Gasteiger partial charge in [-0.3, -0.25) is 0 Å². The van der Waals surface area contributed by atoms with Crippen LogP contribution < -0.4 is 5.32 Å².